The van der Waals surface area contributed by atoms with Gasteiger partial charge in [-0.2, -0.15) is 5.26 Å². The molecule has 9 nitrogen and oxygen atoms in total. The molecule has 4 amide bonds. The molecule has 1 aromatic rings. The Morgan fingerprint density at radius 1 is 1.45 bits per heavy atom. The number of rotatable bonds is 6. The van der Waals surface area contributed by atoms with E-state index in [9.17, 15) is 19.2 Å². The second kappa shape index (κ2) is 7.72. The molecule has 0 unspecified atom stereocenters. The van der Waals surface area contributed by atoms with Gasteiger partial charge in [-0.25, -0.2) is 4.79 Å². The quantitative estimate of drug-likeness (QED) is 0.535. The number of nitriles is 1. The summed E-state index contributed by atoms with van der Waals surface area (Å²) in [4.78, 5) is 49.8. The molecule has 1 aliphatic heterocycles. The van der Waals surface area contributed by atoms with Crippen molar-refractivity contribution >= 4 is 41.1 Å². The van der Waals surface area contributed by atoms with Gasteiger partial charge in [0, 0.05) is 5.69 Å². The molecule has 3 rings (SSSR count). The Labute approximate surface area is 171 Å². The van der Waals surface area contributed by atoms with E-state index >= 15 is 0 Å². The second-order valence-electron chi connectivity index (χ2n) is 7.23. The highest BCUT2D eigenvalue weighted by Crippen LogP contribution is 2.42. The van der Waals surface area contributed by atoms with Gasteiger partial charge >= 0.3 is 12.0 Å². The van der Waals surface area contributed by atoms with Gasteiger partial charge in [-0.15, -0.1) is 0 Å². The monoisotopic (exact) mass is 418 g/mol. The molecule has 1 aliphatic carbocycles. The first kappa shape index (κ1) is 20.6. The van der Waals surface area contributed by atoms with Crippen LogP contribution in [0.5, 0.6) is 0 Å². The van der Waals surface area contributed by atoms with Gasteiger partial charge in [0.25, 0.3) is 11.8 Å². The minimum absolute atomic E-state index is 0.0731. The topological polar surface area (TPSA) is 129 Å². The van der Waals surface area contributed by atoms with E-state index in [1.165, 1.54) is 25.1 Å². The van der Waals surface area contributed by atoms with E-state index in [4.69, 9.17) is 21.6 Å². The molecule has 0 radical (unpaired) electrons. The number of carbonyl (C=O) groups excluding carboxylic acids is 4. The van der Waals surface area contributed by atoms with Crippen molar-refractivity contribution < 1.29 is 23.9 Å². The molecule has 2 N–H and O–H groups in total. The molecule has 29 heavy (non-hydrogen) atoms. The van der Waals surface area contributed by atoms with Gasteiger partial charge in [0.1, 0.15) is 18.2 Å². The lowest BCUT2D eigenvalue weighted by molar-refractivity contribution is -0.155. The van der Waals surface area contributed by atoms with Crippen molar-refractivity contribution in [3.63, 3.8) is 0 Å². The van der Waals surface area contributed by atoms with Gasteiger partial charge in [-0.3, -0.25) is 19.3 Å². The van der Waals surface area contributed by atoms with Crippen LogP contribution in [0.2, 0.25) is 5.02 Å². The van der Waals surface area contributed by atoms with Crippen LogP contribution in [0.3, 0.4) is 0 Å². The largest absolute Gasteiger partial charge is 0.451 e. The van der Waals surface area contributed by atoms with Gasteiger partial charge in [0.15, 0.2) is 6.10 Å². The summed E-state index contributed by atoms with van der Waals surface area (Å²) in [7, 11) is 0. The Morgan fingerprint density at radius 3 is 2.72 bits per heavy atom. The molecule has 1 aromatic carbocycles. The number of urea groups is 1. The van der Waals surface area contributed by atoms with Crippen LogP contribution in [0.1, 0.15) is 32.3 Å². The molecule has 0 aromatic heterocycles. The summed E-state index contributed by atoms with van der Waals surface area (Å²) < 4.78 is 5.05. The number of imide groups is 1. The van der Waals surface area contributed by atoms with Gasteiger partial charge < -0.3 is 15.4 Å². The number of ether oxygens (including phenoxy) is 1. The molecule has 2 aliphatic rings. The number of hydrogen-bond acceptors (Lipinski definition) is 6. The first-order valence-electron chi connectivity index (χ1n) is 9.00. The van der Waals surface area contributed by atoms with Gasteiger partial charge in [0.05, 0.1) is 10.6 Å². The summed E-state index contributed by atoms with van der Waals surface area (Å²) in [5.41, 5.74) is -0.401. The van der Waals surface area contributed by atoms with E-state index in [2.05, 4.69) is 10.6 Å². The van der Waals surface area contributed by atoms with Crippen molar-refractivity contribution in [1.29, 1.82) is 5.26 Å². The number of anilines is 1. The van der Waals surface area contributed by atoms with Crippen LogP contribution in [-0.4, -0.2) is 46.9 Å². The zero-order valence-electron chi connectivity index (χ0n) is 15.8. The SMILES string of the molecule is C[C@H](OC(=O)CN1C(=O)N[C@](C)(C2CC2)C1=O)C(=O)Nc1ccc(C#N)c(Cl)c1. The molecule has 2 fully saturated rings. The maximum Gasteiger partial charge on any atom is 0.327 e. The van der Waals surface area contributed by atoms with Crippen LogP contribution in [0, 0.1) is 17.2 Å². The molecule has 2 atom stereocenters. The lowest BCUT2D eigenvalue weighted by Gasteiger charge is -2.21. The van der Waals surface area contributed by atoms with Gasteiger partial charge in [-0.1, -0.05) is 11.6 Å². The highest BCUT2D eigenvalue weighted by molar-refractivity contribution is 6.32. The molecule has 0 spiro atoms. The lowest BCUT2D eigenvalue weighted by Crippen LogP contribution is -2.46. The van der Waals surface area contributed by atoms with Crippen molar-refractivity contribution in [1.82, 2.24) is 10.2 Å². The zero-order chi connectivity index (χ0) is 21.3. The van der Waals surface area contributed by atoms with Crippen LogP contribution in [0.25, 0.3) is 0 Å². The average Bonchev–Trinajstić information content (AvgIpc) is 3.48. The second-order valence-corrected chi connectivity index (χ2v) is 7.63. The van der Waals surface area contributed by atoms with Crippen molar-refractivity contribution in [2.24, 2.45) is 5.92 Å². The van der Waals surface area contributed by atoms with Crippen molar-refractivity contribution in [2.75, 3.05) is 11.9 Å². The fourth-order valence-electron chi connectivity index (χ4n) is 3.14. The van der Waals surface area contributed by atoms with E-state index in [1.54, 1.807) is 6.92 Å². The van der Waals surface area contributed by atoms with E-state index in [1.807, 2.05) is 6.07 Å². The summed E-state index contributed by atoms with van der Waals surface area (Å²) in [6, 6.07) is 5.59. The minimum Gasteiger partial charge on any atom is -0.451 e. The Bertz CT molecular complexity index is 939. The molecule has 152 valence electrons. The van der Waals surface area contributed by atoms with Crippen molar-refractivity contribution in [3.8, 4) is 6.07 Å². The third-order valence-corrected chi connectivity index (χ3v) is 5.33. The summed E-state index contributed by atoms with van der Waals surface area (Å²) in [5, 5.41) is 14.2. The fraction of sp³-hybridized carbons (Fsp3) is 0.421. The third-order valence-electron chi connectivity index (χ3n) is 5.02. The number of nitrogens with one attached hydrogen (secondary N) is 2. The van der Waals surface area contributed by atoms with Crippen LogP contribution in [-0.2, 0) is 19.1 Å². The van der Waals surface area contributed by atoms with Crippen LogP contribution in [0.15, 0.2) is 18.2 Å². The Morgan fingerprint density at radius 2 is 2.14 bits per heavy atom. The first-order chi connectivity index (χ1) is 13.7. The summed E-state index contributed by atoms with van der Waals surface area (Å²) in [6.07, 6.45) is 0.516. The number of halogens is 1. The van der Waals surface area contributed by atoms with Crippen LogP contribution in [0.4, 0.5) is 10.5 Å². The highest BCUT2D eigenvalue weighted by atomic mass is 35.5. The molecule has 1 heterocycles. The molecular weight excluding hydrogens is 400 g/mol. The number of benzene rings is 1. The van der Waals surface area contributed by atoms with Crippen LogP contribution >= 0.6 is 11.6 Å². The predicted molar refractivity (Wildman–Crippen MR) is 102 cm³/mol. The van der Waals surface area contributed by atoms with E-state index in [0.717, 1.165) is 17.7 Å². The molecule has 10 heteroatoms. The zero-order valence-corrected chi connectivity index (χ0v) is 16.6. The minimum atomic E-state index is -1.17. The molecule has 1 saturated heterocycles. The van der Waals surface area contributed by atoms with Crippen LogP contribution < -0.4 is 10.6 Å². The summed E-state index contributed by atoms with van der Waals surface area (Å²) >= 11 is 5.91. The lowest BCUT2D eigenvalue weighted by atomic mass is 9.96. The highest BCUT2D eigenvalue weighted by Gasteiger charge is 2.56. The smallest absolute Gasteiger partial charge is 0.327 e. The normalized spacial score (nSPS) is 21.9. The van der Waals surface area contributed by atoms with Crippen molar-refractivity contribution in [2.45, 2.75) is 38.3 Å². The predicted octanol–water partition coefficient (Wildman–Crippen LogP) is 1.80. The molecular formula is C19H19ClN4O5. The summed E-state index contributed by atoms with van der Waals surface area (Å²) in [5.74, 6) is -1.90. The molecule has 0 bridgehead atoms. The van der Waals surface area contributed by atoms with Gasteiger partial charge in [0.2, 0.25) is 0 Å². The number of amides is 4. The number of hydrogen-bond donors (Lipinski definition) is 2. The number of nitrogens with zero attached hydrogens (tertiary/aromatic N) is 2. The van der Waals surface area contributed by atoms with Gasteiger partial charge in [-0.05, 0) is 50.8 Å². The average molecular weight is 419 g/mol. The first-order valence-corrected chi connectivity index (χ1v) is 9.37. The standard InChI is InChI=1S/C19H19ClN4O5/c1-10(16(26)22-13-6-3-11(8-21)14(20)7-13)29-15(25)9-24-17(27)19(2,12-4-5-12)23-18(24)28/h3,6-7,10,12H,4-5,9H2,1-2H3,(H,22,26)(H,23,28)/t10-,19+/m0/s1. The fourth-order valence-corrected chi connectivity index (χ4v) is 3.36. The van der Waals surface area contributed by atoms with E-state index in [-0.39, 0.29) is 16.5 Å². The Kier molecular flexibility index (Phi) is 5.48. The summed E-state index contributed by atoms with van der Waals surface area (Å²) in [6.45, 7) is 2.43. The van der Waals surface area contributed by atoms with E-state index < -0.39 is 42.0 Å². The Hall–Kier alpha value is -3.12. The maximum absolute atomic E-state index is 12.5. The van der Waals surface area contributed by atoms with E-state index in [0.29, 0.717) is 5.69 Å². The third kappa shape index (κ3) is 4.17. The van der Waals surface area contributed by atoms with Crippen molar-refractivity contribution in [3.05, 3.63) is 28.8 Å². The molecule has 1 saturated carbocycles. The maximum atomic E-state index is 12.5. The number of carbonyl (C=O) groups is 4. The Balaban J connectivity index is 1.55. The number of esters is 1.